The molecule has 7 nitrogen and oxygen atoms in total. The average Bonchev–Trinajstić information content (AvgIpc) is 3.01. The minimum atomic E-state index is 0.186. The molecule has 1 aliphatic rings. The van der Waals surface area contributed by atoms with Crippen LogP contribution in [0.4, 0.5) is 23.5 Å². The predicted octanol–water partition coefficient (Wildman–Crippen LogP) is 1.67. The second-order valence-corrected chi connectivity index (χ2v) is 4.83. The summed E-state index contributed by atoms with van der Waals surface area (Å²) in [5.74, 6) is 1.17. The Kier molecular flexibility index (Phi) is 3.51. The molecule has 0 bridgehead atoms. The third-order valence-electron chi connectivity index (χ3n) is 3.28. The van der Waals surface area contributed by atoms with Crippen LogP contribution in [0.3, 0.4) is 0 Å². The van der Waals surface area contributed by atoms with Gasteiger partial charge in [0.05, 0.1) is 11.6 Å². The molecule has 7 heteroatoms. The third kappa shape index (κ3) is 3.00. The maximum absolute atomic E-state index is 8.91. The molecule has 106 valence electrons. The van der Waals surface area contributed by atoms with E-state index in [9.17, 15) is 0 Å². The molecule has 21 heavy (non-hydrogen) atoms. The summed E-state index contributed by atoms with van der Waals surface area (Å²) in [7, 11) is 0. The zero-order valence-electron chi connectivity index (χ0n) is 11.5. The molecule has 0 unspecified atom stereocenters. The topological polar surface area (TPSA) is 104 Å². The highest BCUT2D eigenvalue weighted by atomic mass is 15.3. The van der Waals surface area contributed by atoms with Crippen molar-refractivity contribution in [1.29, 1.82) is 5.26 Å². The van der Waals surface area contributed by atoms with Gasteiger partial charge in [-0.3, -0.25) is 0 Å². The van der Waals surface area contributed by atoms with Crippen molar-refractivity contribution in [2.45, 2.75) is 12.8 Å². The number of rotatable bonds is 3. The molecular formula is C14H15N7. The Labute approximate surface area is 122 Å². The number of hydrogen-bond donors (Lipinski definition) is 2. The van der Waals surface area contributed by atoms with Gasteiger partial charge >= 0.3 is 0 Å². The molecule has 0 saturated carbocycles. The molecule has 0 radical (unpaired) electrons. The van der Waals surface area contributed by atoms with Crippen molar-refractivity contribution < 1.29 is 0 Å². The fourth-order valence-electron chi connectivity index (χ4n) is 2.29. The van der Waals surface area contributed by atoms with Crippen LogP contribution in [0, 0.1) is 11.3 Å². The van der Waals surface area contributed by atoms with Crippen LogP contribution < -0.4 is 16.0 Å². The molecule has 2 heterocycles. The molecule has 1 fully saturated rings. The van der Waals surface area contributed by atoms with Crippen molar-refractivity contribution in [3.63, 3.8) is 0 Å². The van der Waals surface area contributed by atoms with Gasteiger partial charge in [-0.2, -0.15) is 20.2 Å². The van der Waals surface area contributed by atoms with E-state index >= 15 is 0 Å². The Bertz CT molecular complexity index is 686. The summed E-state index contributed by atoms with van der Waals surface area (Å²) in [6.45, 7) is 1.87. The first-order valence-corrected chi connectivity index (χ1v) is 6.78. The van der Waals surface area contributed by atoms with E-state index in [0.717, 1.165) is 31.6 Å². The van der Waals surface area contributed by atoms with Crippen molar-refractivity contribution >= 4 is 23.5 Å². The van der Waals surface area contributed by atoms with Gasteiger partial charge in [0.2, 0.25) is 17.8 Å². The highest BCUT2D eigenvalue weighted by Crippen LogP contribution is 2.20. The molecule has 3 rings (SSSR count). The largest absolute Gasteiger partial charge is 0.368 e. The second-order valence-electron chi connectivity index (χ2n) is 4.83. The van der Waals surface area contributed by atoms with E-state index in [0.29, 0.717) is 17.5 Å². The SMILES string of the molecule is N#Cc1cccc(Nc2nc(N)nc(N3CCCC3)n2)c1. The summed E-state index contributed by atoms with van der Waals surface area (Å²) < 4.78 is 0. The Morgan fingerprint density at radius 1 is 1.19 bits per heavy atom. The van der Waals surface area contributed by atoms with Crippen LogP contribution in [-0.2, 0) is 0 Å². The lowest BCUT2D eigenvalue weighted by Gasteiger charge is -2.16. The van der Waals surface area contributed by atoms with Crippen LogP contribution in [-0.4, -0.2) is 28.0 Å². The van der Waals surface area contributed by atoms with Crippen LogP contribution in [0.5, 0.6) is 0 Å². The van der Waals surface area contributed by atoms with Gasteiger partial charge in [-0.15, -0.1) is 0 Å². The van der Waals surface area contributed by atoms with E-state index in [-0.39, 0.29) is 5.95 Å². The standard InChI is InChI=1S/C14H15N7/c15-9-10-4-3-5-11(8-10)17-13-18-12(16)19-14(20-13)21-6-1-2-7-21/h3-5,8H,1-2,6-7H2,(H3,16,17,18,19,20). The molecule has 0 amide bonds. The quantitative estimate of drug-likeness (QED) is 0.881. The Balaban J connectivity index is 1.86. The molecule has 0 atom stereocenters. The van der Waals surface area contributed by atoms with E-state index < -0.39 is 0 Å². The van der Waals surface area contributed by atoms with Gasteiger partial charge in [0, 0.05) is 18.8 Å². The molecule has 3 N–H and O–H groups in total. The van der Waals surface area contributed by atoms with E-state index in [1.54, 1.807) is 18.2 Å². The first kappa shape index (κ1) is 13.1. The van der Waals surface area contributed by atoms with Crippen molar-refractivity contribution in [2.24, 2.45) is 0 Å². The Morgan fingerprint density at radius 3 is 2.76 bits per heavy atom. The van der Waals surface area contributed by atoms with E-state index in [1.165, 1.54) is 0 Å². The van der Waals surface area contributed by atoms with Crippen molar-refractivity contribution in [1.82, 2.24) is 15.0 Å². The van der Waals surface area contributed by atoms with Crippen molar-refractivity contribution in [3.05, 3.63) is 29.8 Å². The smallest absolute Gasteiger partial charge is 0.233 e. The van der Waals surface area contributed by atoms with Gasteiger partial charge in [-0.05, 0) is 31.0 Å². The summed E-state index contributed by atoms with van der Waals surface area (Å²) >= 11 is 0. The lowest BCUT2D eigenvalue weighted by molar-refractivity contribution is 0.887. The predicted molar refractivity (Wildman–Crippen MR) is 80.1 cm³/mol. The Hall–Kier alpha value is -2.88. The number of nitrogens with one attached hydrogen (secondary N) is 1. The fourth-order valence-corrected chi connectivity index (χ4v) is 2.29. The fraction of sp³-hybridized carbons (Fsp3) is 0.286. The van der Waals surface area contributed by atoms with Gasteiger partial charge in [0.1, 0.15) is 0 Å². The van der Waals surface area contributed by atoms with Gasteiger partial charge in [0.15, 0.2) is 0 Å². The Morgan fingerprint density at radius 2 is 2.00 bits per heavy atom. The highest BCUT2D eigenvalue weighted by molar-refractivity contribution is 5.57. The van der Waals surface area contributed by atoms with E-state index in [2.05, 4.69) is 31.2 Å². The summed E-state index contributed by atoms with van der Waals surface area (Å²) in [4.78, 5) is 14.8. The maximum Gasteiger partial charge on any atom is 0.233 e. The van der Waals surface area contributed by atoms with Crippen LogP contribution in [0.25, 0.3) is 0 Å². The van der Waals surface area contributed by atoms with Crippen LogP contribution >= 0.6 is 0 Å². The van der Waals surface area contributed by atoms with Gasteiger partial charge in [-0.1, -0.05) is 6.07 Å². The summed E-state index contributed by atoms with van der Waals surface area (Å²) in [5.41, 5.74) is 7.07. The average molecular weight is 281 g/mol. The van der Waals surface area contributed by atoms with Crippen LogP contribution in [0.15, 0.2) is 24.3 Å². The highest BCUT2D eigenvalue weighted by Gasteiger charge is 2.16. The minimum Gasteiger partial charge on any atom is -0.368 e. The number of nitrogen functional groups attached to an aromatic ring is 1. The van der Waals surface area contributed by atoms with E-state index in [4.69, 9.17) is 11.0 Å². The number of aromatic nitrogens is 3. The normalized spacial score (nSPS) is 14.0. The second kappa shape index (κ2) is 5.63. The number of nitrogens with two attached hydrogens (primary N) is 1. The monoisotopic (exact) mass is 281 g/mol. The molecular weight excluding hydrogens is 266 g/mol. The number of benzene rings is 1. The zero-order chi connectivity index (χ0) is 14.7. The van der Waals surface area contributed by atoms with Gasteiger partial charge in [-0.25, -0.2) is 0 Å². The molecule has 0 aliphatic carbocycles. The number of nitrogens with zero attached hydrogens (tertiary/aromatic N) is 5. The van der Waals surface area contributed by atoms with Crippen LogP contribution in [0.2, 0.25) is 0 Å². The maximum atomic E-state index is 8.91. The number of anilines is 4. The van der Waals surface area contributed by atoms with Gasteiger partial charge in [0.25, 0.3) is 0 Å². The number of nitriles is 1. The lowest BCUT2D eigenvalue weighted by Crippen LogP contribution is -2.21. The van der Waals surface area contributed by atoms with Gasteiger partial charge < -0.3 is 16.0 Å². The molecule has 2 aromatic rings. The third-order valence-corrected chi connectivity index (χ3v) is 3.28. The molecule has 1 aliphatic heterocycles. The summed E-state index contributed by atoms with van der Waals surface area (Å²) in [6, 6.07) is 9.21. The molecule has 1 aromatic heterocycles. The van der Waals surface area contributed by atoms with E-state index in [1.807, 2.05) is 6.07 Å². The number of hydrogen-bond acceptors (Lipinski definition) is 7. The van der Waals surface area contributed by atoms with Crippen molar-refractivity contribution in [3.8, 4) is 6.07 Å². The van der Waals surface area contributed by atoms with Crippen LogP contribution in [0.1, 0.15) is 18.4 Å². The molecule has 1 aromatic carbocycles. The first-order chi connectivity index (χ1) is 10.2. The lowest BCUT2D eigenvalue weighted by atomic mass is 10.2. The molecule has 0 spiro atoms. The van der Waals surface area contributed by atoms with Crippen molar-refractivity contribution in [2.75, 3.05) is 29.0 Å². The zero-order valence-corrected chi connectivity index (χ0v) is 11.5. The first-order valence-electron chi connectivity index (χ1n) is 6.78. The summed E-state index contributed by atoms with van der Waals surface area (Å²) in [5, 5.41) is 12.0. The minimum absolute atomic E-state index is 0.186. The summed E-state index contributed by atoms with van der Waals surface area (Å²) in [6.07, 6.45) is 2.27. The molecule has 1 saturated heterocycles.